The Hall–Kier alpha value is -2.67. The van der Waals surface area contributed by atoms with Crippen LogP contribution in [0.5, 0.6) is 5.75 Å². The molecule has 0 spiro atoms. The highest BCUT2D eigenvalue weighted by molar-refractivity contribution is 5.81. The SMILES string of the molecule is O=C(C1CCc2ccccc2O1)N1CCN(CCn2nc3c(cc2=O)CCCC3)CC1. The largest absolute Gasteiger partial charge is 0.480 e. The van der Waals surface area contributed by atoms with Crippen LogP contribution in [0, 0.1) is 0 Å². The molecule has 2 aromatic rings. The van der Waals surface area contributed by atoms with Crippen molar-refractivity contribution in [3.63, 3.8) is 0 Å². The second-order valence-electron chi connectivity index (χ2n) is 8.80. The maximum absolute atomic E-state index is 13.0. The van der Waals surface area contributed by atoms with E-state index in [-0.39, 0.29) is 17.6 Å². The number of para-hydroxylation sites is 1. The van der Waals surface area contributed by atoms with E-state index in [0.717, 1.165) is 75.2 Å². The number of amides is 1. The van der Waals surface area contributed by atoms with Crippen LogP contribution in [-0.2, 0) is 30.6 Å². The van der Waals surface area contributed by atoms with Crippen molar-refractivity contribution >= 4 is 5.91 Å². The molecule has 1 aliphatic carbocycles. The van der Waals surface area contributed by atoms with Gasteiger partial charge in [0.05, 0.1) is 12.2 Å². The van der Waals surface area contributed by atoms with Crippen molar-refractivity contribution in [1.82, 2.24) is 19.6 Å². The third-order valence-corrected chi connectivity index (χ3v) is 6.78. The standard InChI is InChI=1S/C24H30N4O3/c29-23-17-19-6-1-3-7-20(19)25-28(23)16-13-26-11-14-27(15-12-26)24(30)22-10-9-18-5-2-4-8-21(18)31-22/h2,4-5,8,17,22H,1,3,6-7,9-16H2. The molecule has 2 aliphatic heterocycles. The molecule has 164 valence electrons. The van der Waals surface area contributed by atoms with Gasteiger partial charge in [-0.3, -0.25) is 14.5 Å². The van der Waals surface area contributed by atoms with Crippen molar-refractivity contribution in [1.29, 1.82) is 0 Å². The summed E-state index contributed by atoms with van der Waals surface area (Å²) < 4.78 is 7.61. The van der Waals surface area contributed by atoms with Gasteiger partial charge in [0.2, 0.25) is 0 Å². The first-order valence-electron chi connectivity index (χ1n) is 11.5. The lowest BCUT2D eigenvalue weighted by atomic mass is 9.97. The van der Waals surface area contributed by atoms with E-state index >= 15 is 0 Å². The van der Waals surface area contributed by atoms with Crippen molar-refractivity contribution in [3.05, 3.63) is 57.5 Å². The molecule has 0 N–H and O–H groups in total. The van der Waals surface area contributed by atoms with Crippen LogP contribution >= 0.6 is 0 Å². The van der Waals surface area contributed by atoms with Gasteiger partial charge < -0.3 is 9.64 Å². The summed E-state index contributed by atoms with van der Waals surface area (Å²) in [6.45, 7) is 4.41. The Kier molecular flexibility index (Phi) is 5.76. The summed E-state index contributed by atoms with van der Waals surface area (Å²) in [6, 6.07) is 9.76. The molecule has 1 fully saturated rings. The number of carbonyl (C=O) groups excluding carboxylic acids is 1. The van der Waals surface area contributed by atoms with E-state index in [4.69, 9.17) is 4.74 Å². The molecule has 7 heteroatoms. The predicted molar refractivity (Wildman–Crippen MR) is 117 cm³/mol. The summed E-state index contributed by atoms with van der Waals surface area (Å²) in [5, 5.41) is 4.62. The van der Waals surface area contributed by atoms with Gasteiger partial charge in [0.1, 0.15) is 5.75 Å². The van der Waals surface area contributed by atoms with Crippen LogP contribution < -0.4 is 10.3 Å². The maximum atomic E-state index is 13.0. The number of carbonyl (C=O) groups is 1. The molecule has 0 radical (unpaired) electrons. The van der Waals surface area contributed by atoms with E-state index in [9.17, 15) is 9.59 Å². The Labute approximate surface area is 182 Å². The van der Waals surface area contributed by atoms with Crippen LogP contribution in [0.25, 0.3) is 0 Å². The highest BCUT2D eigenvalue weighted by Crippen LogP contribution is 2.28. The van der Waals surface area contributed by atoms with E-state index in [2.05, 4.69) is 16.1 Å². The van der Waals surface area contributed by atoms with E-state index in [1.165, 1.54) is 5.56 Å². The lowest BCUT2D eigenvalue weighted by Gasteiger charge is -2.37. The molecule has 1 aromatic heterocycles. The number of hydrogen-bond acceptors (Lipinski definition) is 5. The molecular formula is C24H30N4O3. The van der Waals surface area contributed by atoms with Crippen LogP contribution in [0.2, 0.25) is 0 Å². The van der Waals surface area contributed by atoms with Crippen molar-refractivity contribution < 1.29 is 9.53 Å². The molecule has 31 heavy (non-hydrogen) atoms. The number of hydrogen-bond donors (Lipinski definition) is 0. The molecule has 0 saturated carbocycles. The summed E-state index contributed by atoms with van der Waals surface area (Å²) in [4.78, 5) is 29.6. The number of rotatable bonds is 4. The maximum Gasteiger partial charge on any atom is 0.267 e. The Morgan fingerprint density at radius 1 is 1.00 bits per heavy atom. The lowest BCUT2D eigenvalue weighted by molar-refractivity contribution is -0.141. The van der Waals surface area contributed by atoms with Gasteiger partial charge in [-0.05, 0) is 55.7 Å². The van der Waals surface area contributed by atoms with Crippen LogP contribution in [0.4, 0.5) is 0 Å². The quantitative estimate of drug-likeness (QED) is 0.750. The van der Waals surface area contributed by atoms with Gasteiger partial charge in [-0.15, -0.1) is 0 Å². The molecule has 5 rings (SSSR count). The van der Waals surface area contributed by atoms with Crippen LogP contribution in [-0.4, -0.2) is 64.3 Å². The summed E-state index contributed by atoms with van der Waals surface area (Å²) in [7, 11) is 0. The molecule has 1 amide bonds. The van der Waals surface area contributed by atoms with Crippen LogP contribution in [0.15, 0.2) is 35.1 Å². The van der Waals surface area contributed by atoms with Crippen molar-refractivity contribution in [2.24, 2.45) is 0 Å². The van der Waals surface area contributed by atoms with E-state index < -0.39 is 0 Å². The highest BCUT2D eigenvalue weighted by atomic mass is 16.5. The lowest BCUT2D eigenvalue weighted by Crippen LogP contribution is -2.53. The zero-order valence-corrected chi connectivity index (χ0v) is 18.0. The highest BCUT2D eigenvalue weighted by Gasteiger charge is 2.31. The molecule has 7 nitrogen and oxygen atoms in total. The van der Waals surface area contributed by atoms with E-state index in [1.54, 1.807) is 10.7 Å². The number of aryl methyl sites for hydroxylation is 3. The minimum atomic E-state index is -0.375. The minimum absolute atomic E-state index is 0.00388. The van der Waals surface area contributed by atoms with Gasteiger partial charge in [0.15, 0.2) is 6.10 Å². The number of ether oxygens (including phenoxy) is 1. The first kappa shape index (κ1) is 20.2. The molecular weight excluding hydrogens is 392 g/mol. The van der Waals surface area contributed by atoms with Crippen LogP contribution in [0.3, 0.4) is 0 Å². The number of aromatic nitrogens is 2. The third-order valence-electron chi connectivity index (χ3n) is 6.78. The summed E-state index contributed by atoms with van der Waals surface area (Å²) in [5.41, 5.74) is 3.41. The Bertz CT molecular complexity index is 1010. The molecule has 1 atom stereocenters. The second-order valence-corrected chi connectivity index (χ2v) is 8.80. The number of piperazine rings is 1. The average molecular weight is 423 g/mol. The topological polar surface area (TPSA) is 67.7 Å². The fourth-order valence-electron chi connectivity index (χ4n) is 4.89. The zero-order chi connectivity index (χ0) is 21.2. The molecule has 3 heterocycles. The van der Waals surface area contributed by atoms with Gasteiger partial charge in [-0.2, -0.15) is 5.10 Å². The van der Waals surface area contributed by atoms with Gasteiger partial charge in [-0.25, -0.2) is 4.68 Å². The van der Waals surface area contributed by atoms with Crippen LogP contribution in [0.1, 0.15) is 36.1 Å². The first-order chi connectivity index (χ1) is 15.2. The second kappa shape index (κ2) is 8.83. The fraction of sp³-hybridized carbons (Fsp3) is 0.542. The third kappa shape index (κ3) is 4.37. The average Bonchev–Trinajstić information content (AvgIpc) is 2.82. The van der Waals surface area contributed by atoms with Crippen molar-refractivity contribution in [3.8, 4) is 5.75 Å². The van der Waals surface area contributed by atoms with Gasteiger partial charge in [-0.1, -0.05) is 18.2 Å². The molecule has 1 unspecified atom stereocenters. The summed E-state index contributed by atoms with van der Waals surface area (Å²) in [6.07, 6.45) is 5.51. The normalized spacial score (nSPS) is 21.2. The van der Waals surface area contributed by atoms with Crippen molar-refractivity contribution in [2.75, 3.05) is 32.7 Å². The fourth-order valence-corrected chi connectivity index (χ4v) is 4.89. The van der Waals surface area contributed by atoms with E-state index in [1.807, 2.05) is 23.1 Å². The predicted octanol–water partition coefficient (Wildman–Crippen LogP) is 1.66. The Balaban J connectivity index is 1.13. The minimum Gasteiger partial charge on any atom is -0.480 e. The van der Waals surface area contributed by atoms with Gasteiger partial charge >= 0.3 is 0 Å². The number of benzene rings is 1. The number of nitrogens with zero attached hydrogens (tertiary/aromatic N) is 4. The smallest absolute Gasteiger partial charge is 0.267 e. The summed E-state index contributed by atoms with van der Waals surface area (Å²) >= 11 is 0. The number of fused-ring (bicyclic) bond motifs is 2. The first-order valence-corrected chi connectivity index (χ1v) is 11.5. The molecule has 1 saturated heterocycles. The Morgan fingerprint density at radius 2 is 1.81 bits per heavy atom. The van der Waals surface area contributed by atoms with Gasteiger partial charge in [0, 0.05) is 38.8 Å². The van der Waals surface area contributed by atoms with E-state index in [0.29, 0.717) is 19.6 Å². The monoisotopic (exact) mass is 422 g/mol. The van der Waals surface area contributed by atoms with Crippen molar-refractivity contribution in [2.45, 2.75) is 51.2 Å². The molecule has 0 bridgehead atoms. The zero-order valence-electron chi connectivity index (χ0n) is 18.0. The Morgan fingerprint density at radius 3 is 2.68 bits per heavy atom. The molecule has 3 aliphatic rings. The summed E-state index contributed by atoms with van der Waals surface area (Å²) in [5.74, 6) is 0.940. The van der Waals surface area contributed by atoms with Gasteiger partial charge in [0.25, 0.3) is 11.5 Å². The molecule has 1 aromatic carbocycles.